The molecule has 1 atom stereocenters. The highest BCUT2D eigenvalue weighted by atomic mass is 16.5. The molecule has 0 saturated carbocycles. The van der Waals surface area contributed by atoms with Crippen LogP contribution in [0.15, 0.2) is 29.3 Å². The Labute approximate surface area is 174 Å². The van der Waals surface area contributed by atoms with E-state index in [0.29, 0.717) is 12.7 Å². The lowest BCUT2D eigenvalue weighted by molar-refractivity contribution is -0.0390. The molecular weight excluding hydrogens is 370 g/mol. The summed E-state index contributed by atoms with van der Waals surface area (Å²) in [5.41, 5.74) is 2.41. The van der Waals surface area contributed by atoms with Gasteiger partial charge in [0.1, 0.15) is 0 Å². The van der Waals surface area contributed by atoms with Crippen LogP contribution in [0.4, 0.5) is 0 Å². The number of benzene rings is 1. The summed E-state index contributed by atoms with van der Waals surface area (Å²) in [6.07, 6.45) is 4.52. The lowest BCUT2D eigenvalue weighted by Gasteiger charge is -2.22. The lowest BCUT2D eigenvalue weighted by atomic mass is 10.1. The highest BCUT2D eigenvalue weighted by molar-refractivity contribution is 5.79. The molecule has 1 aromatic carbocycles. The van der Waals surface area contributed by atoms with E-state index >= 15 is 0 Å². The number of nitrogens with one attached hydrogen (secondary N) is 2. The summed E-state index contributed by atoms with van der Waals surface area (Å²) in [6, 6.07) is 8.51. The Bertz CT molecular complexity index is 614. The van der Waals surface area contributed by atoms with E-state index in [-0.39, 0.29) is 6.10 Å². The number of ether oxygens (including phenoxy) is 4. The van der Waals surface area contributed by atoms with Gasteiger partial charge in [-0.1, -0.05) is 24.3 Å². The first kappa shape index (κ1) is 22.0. The van der Waals surface area contributed by atoms with E-state index in [1.165, 1.54) is 11.1 Å². The molecule has 1 unspecified atom stereocenters. The maximum atomic E-state index is 6.03. The Kier molecular flexibility index (Phi) is 9.72. The number of rotatable bonds is 10. The second-order valence-corrected chi connectivity index (χ2v) is 7.51. The zero-order chi connectivity index (χ0) is 20.2. The van der Waals surface area contributed by atoms with Crippen molar-refractivity contribution < 1.29 is 18.9 Å². The third-order valence-corrected chi connectivity index (χ3v) is 5.18. The van der Waals surface area contributed by atoms with Gasteiger partial charge in [-0.2, -0.15) is 0 Å². The molecule has 162 valence electrons. The molecular formula is C22H35N3O4. The molecule has 0 spiro atoms. The van der Waals surface area contributed by atoms with Crippen LogP contribution >= 0.6 is 0 Å². The Hall–Kier alpha value is -1.67. The van der Waals surface area contributed by atoms with Crippen LogP contribution in [0.2, 0.25) is 0 Å². The van der Waals surface area contributed by atoms with Crippen LogP contribution in [-0.4, -0.2) is 64.8 Å². The van der Waals surface area contributed by atoms with Crippen LogP contribution in [0.25, 0.3) is 0 Å². The zero-order valence-electron chi connectivity index (χ0n) is 17.5. The highest BCUT2D eigenvalue weighted by Gasteiger charge is 2.15. The van der Waals surface area contributed by atoms with Crippen LogP contribution in [-0.2, 0) is 32.1 Å². The van der Waals surface area contributed by atoms with Crippen molar-refractivity contribution in [2.45, 2.75) is 51.0 Å². The summed E-state index contributed by atoms with van der Waals surface area (Å²) in [6.45, 7) is 6.11. The minimum atomic E-state index is 0.273. The summed E-state index contributed by atoms with van der Waals surface area (Å²) >= 11 is 0. The quantitative estimate of drug-likeness (QED) is 0.353. The summed E-state index contributed by atoms with van der Waals surface area (Å²) < 4.78 is 22.5. The van der Waals surface area contributed by atoms with Crippen molar-refractivity contribution in [1.29, 1.82) is 0 Å². The van der Waals surface area contributed by atoms with Gasteiger partial charge in [0.25, 0.3) is 0 Å². The summed E-state index contributed by atoms with van der Waals surface area (Å²) in [4.78, 5) is 4.30. The van der Waals surface area contributed by atoms with E-state index in [1.807, 2.05) is 0 Å². The van der Waals surface area contributed by atoms with Gasteiger partial charge in [-0.15, -0.1) is 0 Å². The SMILES string of the molecule is CN=C(NCCCOC1CCOC1)NCc1cccc(COC2CCOCC2)c1. The van der Waals surface area contributed by atoms with E-state index in [1.54, 1.807) is 7.05 Å². The molecule has 29 heavy (non-hydrogen) atoms. The normalized spacial score (nSPS) is 20.7. The largest absolute Gasteiger partial charge is 0.381 e. The molecule has 2 fully saturated rings. The first-order valence-electron chi connectivity index (χ1n) is 10.7. The van der Waals surface area contributed by atoms with Crippen molar-refractivity contribution in [3.63, 3.8) is 0 Å². The van der Waals surface area contributed by atoms with Crippen molar-refractivity contribution in [3.05, 3.63) is 35.4 Å². The maximum Gasteiger partial charge on any atom is 0.191 e. The number of hydrogen-bond acceptors (Lipinski definition) is 5. The molecule has 2 aliphatic heterocycles. The standard InChI is InChI=1S/C22H35N3O4/c1-23-22(24-9-3-10-28-21-8-13-27-17-21)25-15-18-4-2-5-19(14-18)16-29-20-6-11-26-12-7-20/h2,4-5,14,20-21H,3,6-13,15-17H2,1H3,(H2,23,24,25). The summed E-state index contributed by atoms with van der Waals surface area (Å²) in [7, 11) is 1.79. The smallest absolute Gasteiger partial charge is 0.191 e. The first-order valence-corrected chi connectivity index (χ1v) is 10.7. The van der Waals surface area contributed by atoms with Gasteiger partial charge >= 0.3 is 0 Å². The second-order valence-electron chi connectivity index (χ2n) is 7.51. The number of guanidine groups is 1. The molecule has 2 saturated heterocycles. The summed E-state index contributed by atoms with van der Waals surface area (Å²) in [5.74, 6) is 0.804. The molecule has 1 aromatic rings. The molecule has 3 rings (SSSR count). The van der Waals surface area contributed by atoms with Gasteiger partial charge in [0.15, 0.2) is 5.96 Å². The van der Waals surface area contributed by atoms with Crippen molar-refractivity contribution in [1.82, 2.24) is 10.6 Å². The zero-order valence-corrected chi connectivity index (χ0v) is 17.5. The Morgan fingerprint density at radius 3 is 2.62 bits per heavy atom. The third-order valence-electron chi connectivity index (χ3n) is 5.18. The third kappa shape index (κ3) is 8.30. The van der Waals surface area contributed by atoms with E-state index in [9.17, 15) is 0 Å². The molecule has 2 aliphatic rings. The molecule has 2 heterocycles. The fraction of sp³-hybridized carbons (Fsp3) is 0.682. The summed E-state index contributed by atoms with van der Waals surface area (Å²) in [5, 5.41) is 6.71. The minimum Gasteiger partial charge on any atom is -0.381 e. The lowest BCUT2D eigenvalue weighted by Crippen LogP contribution is -2.37. The predicted octanol–water partition coefficient (Wildman–Crippen LogP) is 2.24. The maximum absolute atomic E-state index is 6.03. The predicted molar refractivity (Wildman–Crippen MR) is 113 cm³/mol. The van der Waals surface area contributed by atoms with Crippen molar-refractivity contribution >= 4 is 5.96 Å². The second kappa shape index (κ2) is 12.8. The molecule has 0 radical (unpaired) electrons. The van der Waals surface area contributed by atoms with Crippen LogP contribution in [0.1, 0.15) is 36.8 Å². The van der Waals surface area contributed by atoms with Crippen molar-refractivity contribution in [2.24, 2.45) is 4.99 Å². The van der Waals surface area contributed by atoms with Crippen molar-refractivity contribution in [2.75, 3.05) is 46.6 Å². The van der Waals surface area contributed by atoms with E-state index < -0.39 is 0 Å². The Balaban J connectivity index is 1.32. The highest BCUT2D eigenvalue weighted by Crippen LogP contribution is 2.14. The minimum absolute atomic E-state index is 0.273. The van der Waals surface area contributed by atoms with E-state index in [0.717, 1.165) is 77.8 Å². The topological polar surface area (TPSA) is 73.3 Å². The van der Waals surface area contributed by atoms with Crippen molar-refractivity contribution in [3.8, 4) is 0 Å². The number of hydrogen-bond donors (Lipinski definition) is 2. The fourth-order valence-corrected chi connectivity index (χ4v) is 3.47. The van der Waals surface area contributed by atoms with Gasteiger partial charge in [-0.25, -0.2) is 0 Å². The Morgan fingerprint density at radius 2 is 1.83 bits per heavy atom. The van der Waals surface area contributed by atoms with Crippen LogP contribution in [0, 0.1) is 0 Å². The molecule has 0 aromatic heterocycles. The van der Waals surface area contributed by atoms with Crippen LogP contribution in [0.3, 0.4) is 0 Å². The molecule has 0 bridgehead atoms. The van der Waals surface area contributed by atoms with Gasteiger partial charge in [0.05, 0.1) is 25.4 Å². The van der Waals surface area contributed by atoms with Gasteiger partial charge < -0.3 is 29.6 Å². The molecule has 7 nitrogen and oxygen atoms in total. The number of nitrogens with zero attached hydrogens (tertiary/aromatic N) is 1. The first-order chi connectivity index (χ1) is 14.3. The van der Waals surface area contributed by atoms with E-state index in [4.69, 9.17) is 18.9 Å². The van der Waals surface area contributed by atoms with Crippen LogP contribution in [0.5, 0.6) is 0 Å². The molecule has 0 amide bonds. The van der Waals surface area contributed by atoms with Gasteiger partial charge in [0, 0.05) is 46.6 Å². The monoisotopic (exact) mass is 405 g/mol. The fourth-order valence-electron chi connectivity index (χ4n) is 3.47. The number of aliphatic imine (C=N–C) groups is 1. The average molecular weight is 406 g/mol. The average Bonchev–Trinajstić information content (AvgIpc) is 3.29. The van der Waals surface area contributed by atoms with Gasteiger partial charge in [0.2, 0.25) is 0 Å². The Morgan fingerprint density at radius 1 is 1.03 bits per heavy atom. The van der Waals surface area contributed by atoms with E-state index in [2.05, 4.69) is 39.9 Å². The molecule has 7 heteroatoms. The molecule has 0 aliphatic carbocycles. The van der Waals surface area contributed by atoms with Gasteiger partial charge in [-0.05, 0) is 36.8 Å². The van der Waals surface area contributed by atoms with Gasteiger partial charge in [-0.3, -0.25) is 4.99 Å². The molecule has 2 N–H and O–H groups in total. The van der Waals surface area contributed by atoms with Crippen LogP contribution < -0.4 is 10.6 Å².